The third-order valence-electron chi connectivity index (χ3n) is 6.40. The van der Waals surface area contributed by atoms with Gasteiger partial charge >= 0.3 is 0 Å². The van der Waals surface area contributed by atoms with E-state index in [1.807, 2.05) is 18.3 Å². The topological polar surface area (TPSA) is 74.8 Å². The van der Waals surface area contributed by atoms with E-state index in [2.05, 4.69) is 30.9 Å². The highest BCUT2D eigenvalue weighted by molar-refractivity contribution is 5.94. The number of amides is 1. The zero-order valence-electron chi connectivity index (χ0n) is 16.0. The number of pyridine rings is 1. The lowest BCUT2D eigenvalue weighted by molar-refractivity contribution is 0.0628. The predicted octanol–water partition coefficient (Wildman–Crippen LogP) is 4.08. The molecule has 1 spiro atoms. The first-order valence-corrected chi connectivity index (χ1v) is 10.3. The summed E-state index contributed by atoms with van der Waals surface area (Å²) in [6.45, 7) is 0.844. The van der Waals surface area contributed by atoms with Gasteiger partial charge in [-0.25, -0.2) is 9.97 Å². The number of aromatic nitrogens is 4. The number of fused-ring (bicyclic) bond motifs is 1. The molecule has 3 aromatic rings. The molecule has 0 aromatic carbocycles. The van der Waals surface area contributed by atoms with Gasteiger partial charge in [0.1, 0.15) is 12.0 Å². The molecule has 2 aliphatic rings. The molecule has 2 fully saturated rings. The van der Waals surface area contributed by atoms with Gasteiger partial charge in [0, 0.05) is 47.5 Å². The maximum atomic E-state index is 13.3. The van der Waals surface area contributed by atoms with Crippen LogP contribution >= 0.6 is 0 Å². The highest BCUT2D eigenvalue weighted by atomic mass is 16.2. The summed E-state index contributed by atoms with van der Waals surface area (Å²) in [5, 5.41) is 1.12. The molecular formula is C22H25N5O. The first-order valence-electron chi connectivity index (χ1n) is 10.3. The molecule has 1 saturated carbocycles. The molecule has 6 nitrogen and oxygen atoms in total. The summed E-state index contributed by atoms with van der Waals surface area (Å²) in [6, 6.07) is 5.74. The molecule has 28 heavy (non-hydrogen) atoms. The van der Waals surface area contributed by atoms with Crippen LogP contribution in [-0.4, -0.2) is 42.8 Å². The average Bonchev–Trinajstić information content (AvgIpc) is 3.31. The van der Waals surface area contributed by atoms with Gasteiger partial charge in [-0.15, -0.1) is 0 Å². The van der Waals surface area contributed by atoms with Gasteiger partial charge in [0.15, 0.2) is 0 Å². The van der Waals surface area contributed by atoms with Crippen LogP contribution in [0.4, 0.5) is 0 Å². The molecule has 3 aromatic heterocycles. The second-order valence-corrected chi connectivity index (χ2v) is 8.17. The lowest BCUT2D eigenvalue weighted by atomic mass is 9.88. The van der Waals surface area contributed by atoms with E-state index in [4.69, 9.17) is 0 Å². The van der Waals surface area contributed by atoms with Crippen molar-refractivity contribution in [1.82, 2.24) is 24.8 Å². The molecule has 1 amide bonds. The third kappa shape index (κ3) is 3.07. The molecule has 1 aliphatic carbocycles. The van der Waals surface area contributed by atoms with E-state index in [1.165, 1.54) is 6.42 Å². The van der Waals surface area contributed by atoms with E-state index < -0.39 is 0 Å². The van der Waals surface area contributed by atoms with Gasteiger partial charge in [-0.2, -0.15) is 0 Å². The molecule has 0 radical (unpaired) electrons. The highest BCUT2D eigenvalue weighted by Crippen LogP contribution is 2.51. The minimum atomic E-state index is -0.0249. The van der Waals surface area contributed by atoms with Crippen molar-refractivity contribution in [3.8, 4) is 0 Å². The number of carbonyl (C=O) groups excluding carboxylic acids is 1. The van der Waals surface area contributed by atoms with Gasteiger partial charge in [0.25, 0.3) is 5.91 Å². The second-order valence-electron chi connectivity index (χ2n) is 8.17. The molecule has 0 unspecified atom stereocenters. The Morgan fingerprint density at radius 1 is 1.11 bits per heavy atom. The number of rotatable bonds is 2. The first kappa shape index (κ1) is 17.3. The summed E-state index contributed by atoms with van der Waals surface area (Å²) in [5.74, 6) is 0.504. The van der Waals surface area contributed by atoms with Crippen molar-refractivity contribution in [2.75, 3.05) is 6.54 Å². The molecule has 6 heteroatoms. The second kappa shape index (κ2) is 7.00. The number of H-pyrrole nitrogens is 1. The van der Waals surface area contributed by atoms with Gasteiger partial charge in [0.05, 0.1) is 5.69 Å². The standard InChI is InChI=1S/C22H25N5O/c28-21(16-5-10-23-11-6-16)27-13-3-1-2-4-17(14-22(27)8-9-22)19-18-7-12-24-20(18)26-15-25-19/h5-7,10-12,15,17H,1-4,8-9,13-14H2,(H,24,25,26)/t17-/m1/s1. The SMILES string of the molecule is O=C(c1ccncc1)N1CCCCC[C@@H](c2ncnc3[nH]ccc23)CC12CC2. The summed E-state index contributed by atoms with van der Waals surface area (Å²) in [6.07, 6.45) is 14.7. The van der Waals surface area contributed by atoms with Gasteiger partial charge in [-0.3, -0.25) is 9.78 Å². The summed E-state index contributed by atoms with van der Waals surface area (Å²) in [5.41, 5.74) is 2.76. The Morgan fingerprint density at radius 2 is 1.96 bits per heavy atom. The van der Waals surface area contributed by atoms with Crippen LogP contribution in [-0.2, 0) is 0 Å². The van der Waals surface area contributed by atoms with Crippen molar-refractivity contribution in [2.45, 2.75) is 56.4 Å². The van der Waals surface area contributed by atoms with Crippen LogP contribution < -0.4 is 0 Å². The molecule has 1 atom stereocenters. The summed E-state index contributed by atoms with van der Waals surface area (Å²) in [4.78, 5) is 31.8. The van der Waals surface area contributed by atoms with Crippen molar-refractivity contribution in [3.63, 3.8) is 0 Å². The molecule has 0 bridgehead atoms. The number of hydrogen-bond donors (Lipinski definition) is 1. The predicted molar refractivity (Wildman–Crippen MR) is 107 cm³/mol. The highest BCUT2D eigenvalue weighted by Gasteiger charge is 2.51. The number of hydrogen-bond acceptors (Lipinski definition) is 4. The molecule has 1 saturated heterocycles. The number of carbonyl (C=O) groups is 1. The lowest BCUT2D eigenvalue weighted by Gasteiger charge is -2.34. The summed E-state index contributed by atoms with van der Waals surface area (Å²) < 4.78 is 0. The largest absolute Gasteiger partial charge is 0.346 e. The quantitative estimate of drug-likeness (QED) is 0.732. The van der Waals surface area contributed by atoms with Crippen LogP contribution in [0.1, 0.15) is 66.9 Å². The fourth-order valence-electron chi connectivity index (χ4n) is 4.78. The Labute approximate surface area is 164 Å². The molecule has 1 aliphatic heterocycles. The van der Waals surface area contributed by atoms with Crippen molar-refractivity contribution in [3.05, 3.63) is 54.4 Å². The Bertz CT molecular complexity index is 979. The number of nitrogens with zero attached hydrogens (tertiary/aromatic N) is 4. The average molecular weight is 375 g/mol. The van der Waals surface area contributed by atoms with Gasteiger partial charge in [-0.1, -0.05) is 12.8 Å². The Kier molecular flexibility index (Phi) is 4.34. The van der Waals surface area contributed by atoms with Crippen molar-refractivity contribution >= 4 is 16.9 Å². The van der Waals surface area contributed by atoms with E-state index >= 15 is 0 Å². The minimum Gasteiger partial charge on any atom is -0.346 e. The van der Waals surface area contributed by atoms with Crippen LogP contribution in [0.2, 0.25) is 0 Å². The fraction of sp³-hybridized carbons (Fsp3) is 0.455. The van der Waals surface area contributed by atoms with E-state index in [1.54, 1.807) is 18.7 Å². The molecule has 144 valence electrons. The first-order chi connectivity index (χ1) is 13.8. The van der Waals surface area contributed by atoms with Gasteiger partial charge in [-0.05, 0) is 50.3 Å². The van der Waals surface area contributed by atoms with Gasteiger partial charge < -0.3 is 9.88 Å². The van der Waals surface area contributed by atoms with Crippen LogP contribution in [0.25, 0.3) is 11.0 Å². The Balaban J connectivity index is 1.48. The van der Waals surface area contributed by atoms with Gasteiger partial charge in [0.2, 0.25) is 0 Å². The summed E-state index contributed by atoms with van der Waals surface area (Å²) in [7, 11) is 0. The molecule has 4 heterocycles. The maximum absolute atomic E-state index is 13.3. The van der Waals surface area contributed by atoms with E-state index in [-0.39, 0.29) is 11.4 Å². The van der Waals surface area contributed by atoms with Crippen LogP contribution in [0, 0.1) is 0 Å². The van der Waals surface area contributed by atoms with E-state index in [9.17, 15) is 4.79 Å². The summed E-state index contributed by atoms with van der Waals surface area (Å²) >= 11 is 0. The van der Waals surface area contributed by atoms with Crippen LogP contribution in [0.15, 0.2) is 43.1 Å². The monoisotopic (exact) mass is 375 g/mol. The Hall–Kier alpha value is -2.76. The van der Waals surface area contributed by atoms with Crippen molar-refractivity contribution in [2.24, 2.45) is 0 Å². The Morgan fingerprint density at radius 3 is 2.79 bits per heavy atom. The van der Waals surface area contributed by atoms with Crippen LogP contribution in [0.3, 0.4) is 0 Å². The normalized spacial score (nSPS) is 21.9. The number of aromatic amines is 1. The molecule has 1 N–H and O–H groups in total. The van der Waals surface area contributed by atoms with E-state index in [0.717, 1.165) is 67.4 Å². The van der Waals surface area contributed by atoms with Crippen molar-refractivity contribution < 1.29 is 4.79 Å². The van der Waals surface area contributed by atoms with Crippen molar-refractivity contribution in [1.29, 1.82) is 0 Å². The maximum Gasteiger partial charge on any atom is 0.254 e. The molecule has 5 rings (SSSR count). The minimum absolute atomic E-state index is 0.0249. The zero-order valence-corrected chi connectivity index (χ0v) is 16.0. The fourth-order valence-corrected chi connectivity index (χ4v) is 4.78. The lowest BCUT2D eigenvalue weighted by Crippen LogP contribution is -2.43. The number of nitrogens with one attached hydrogen (secondary N) is 1. The molecular weight excluding hydrogens is 350 g/mol. The van der Waals surface area contributed by atoms with E-state index in [0.29, 0.717) is 5.92 Å². The third-order valence-corrected chi connectivity index (χ3v) is 6.40. The van der Waals surface area contributed by atoms with Crippen LogP contribution in [0.5, 0.6) is 0 Å². The zero-order chi connectivity index (χ0) is 19.0. The smallest absolute Gasteiger partial charge is 0.254 e.